The summed E-state index contributed by atoms with van der Waals surface area (Å²) in [5.41, 5.74) is 1.35. The van der Waals surface area contributed by atoms with Gasteiger partial charge in [-0.25, -0.2) is 4.98 Å². The van der Waals surface area contributed by atoms with Crippen molar-refractivity contribution in [3.63, 3.8) is 0 Å². The second kappa shape index (κ2) is 3.03. The molecule has 3 nitrogen and oxygen atoms in total. The molecule has 0 unspecified atom stereocenters. The van der Waals surface area contributed by atoms with Gasteiger partial charge in [0.1, 0.15) is 5.75 Å². The average molecular weight is 210 g/mol. The number of nitrogens with zero attached hydrogens (tertiary/aromatic N) is 1. The Balaban J connectivity index is 2.94. The first-order valence-corrected chi connectivity index (χ1v) is 4.44. The topological polar surface area (TPSA) is 53.4 Å². The van der Waals surface area contributed by atoms with Gasteiger partial charge in [0.15, 0.2) is 0 Å². The molecule has 0 saturated heterocycles. The number of hydrogen-bond acceptors (Lipinski definition) is 3. The van der Waals surface area contributed by atoms with Crippen LogP contribution in [0.15, 0.2) is 18.2 Å². The summed E-state index contributed by atoms with van der Waals surface area (Å²) in [5, 5.41) is 19.7. The van der Waals surface area contributed by atoms with Crippen LogP contribution in [0.1, 0.15) is 5.56 Å². The minimum Gasteiger partial charge on any atom is -0.507 e. The fourth-order valence-corrected chi connectivity index (χ4v) is 1.71. The smallest absolute Gasteiger partial charge is 0.215 e. The van der Waals surface area contributed by atoms with Crippen LogP contribution in [-0.4, -0.2) is 15.2 Å². The van der Waals surface area contributed by atoms with Crippen LogP contribution in [-0.2, 0) is 0 Å². The van der Waals surface area contributed by atoms with Crippen LogP contribution < -0.4 is 0 Å². The number of pyridine rings is 1. The molecule has 72 valence electrons. The molecule has 0 atom stereocenters. The Morgan fingerprint density at radius 1 is 1.21 bits per heavy atom. The minimum atomic E-state index is -0.235. The van der Waals surface area contributed by atoms with E-state index in [0.29, 0.717) is 15.9 Å². The van der Waals surface area contributed by atoms with Crippen molar-refractivity contribution in [3.8, 4) is 11.6 Å². The summed E-state index contributed by atoms with van der Waals surface area (Å²) in [7, 11) is 0. The molecule has 2 aromatic rings. The predicted molar refractivity (Wildman–Crippen MR) is 54.8 cm³/mol. The zero-order valence-electron chi connectivity index (χ0n) is 7.45. The van der Waals surface area contributed by atoms with Gasteiger partial charge in [-0.1, -0.05) is 11.6 Å². The fraction of sp³-hybridized carbons (Fsp3) is 0.100. The molecule has 1 aromatic carbocycles. The summed E-state index contributed by atoms with van der Waals surface area (Å²) < 4.78 is 0. The van der Waals surface area contributed by atoms with Crippen molar-refractivity contribution >= 4 is 22.5 Å². The third kappa shape index (κ3) is 1.36. The predicted octanol–water partition coefficient (Wildman–Crippen LogP) is 2.61. The van der Waals surface area contributed by atoms with E-state index in [0.717, 1.165) is 5.56 Å². The monoisotopic (exact) mass is 209 g/mol. The maximum atomic E-state index is 9.54. The zero-order chi connectivity index (χ0) is 10.3. The van der Waals surface area contributed by atoms with Gasteiger partial charge in [-0.2, -0.15) is 0 Å². The Morgan fingerprint density at radius 2 is 1.93 bits per heavy atom. The number of aromatic hydroxyl groups is 2. The van der Waals surface area contributed by atoms with Crippen molar-refractivity contribution in [3.05, 3.63) is 28.8 Å². The highest BCUT2D eigenvalue weighted by atomic mass is 35.5. The van der Waals surface area contributed by atoms with Crippen LogP contribution in [0.5, 0.6) is 11.6 Å². The quantitative estimate of drug-likeness (QED) is 0.701. The van der Waals surface area contributed by atoms with Gasteiger partial charge in [-0.15, -0.1) is 0 Å². The molecule has 0 fully saturated rings. The van der Waals surface area contributed by atoms with Gasteiger partial charge in [0.25, 0.3) is 0 Å². The van der Waals surface area contributed by atoms with E-state index in [1.807, 2.05) is 6.92 Å². The van der Waals surface area contributed by atoms with E-state index >= 15 is 0 Å². The Labute approximate surface area is 85.6 Å². The van der Waals surface area contributed by atoms with Crippen molar-refractivity contribution in [2.75, 3.05) is 0 Å². The molecule has 1 aromatic heterocycles. The summed E-state index contributed by atoms with van der Waals surface area (Å²) in [6.07, 6.45) is 0. The van der Waals surface area contributed by atoms with Crippen molar-refractivity contribution in [2.24, 2.45) is 0 Å². The molecule has 1 heterocycles. The van der Waals surface area contributed by atoms with Crippen LogP contribution in [0.4, 0.5) is 0 Å². The maximum Gasteiger partial charge on any atom is 0.215 e. The zero-order valence-corrected chi connectivity index (χ0v) is 8.21. The van der Waals surface area contributed by atoms with Gasteiger partial charge >= 0.3 is 0 Å². The molecule has 0 saturated carbocycles. The van der Waals surface area contributed by atoms with E-state index < -0.39 is 0 Å². The first kappa shape index (κ1) is 9.09. The average Bonchev–Trinajstić information content (AvgIpc) is 2.07. The van der Waals surface area contributed by atoms with E-state index in [1.165, 1.54) is 6.07 Å². The minimum absolute atomic E-state index is 0.0156. The molecule has 14 heavy (non-hydrogen) atoms. The first-order valence-electron chi connectivity index (χ1n) is 4.07. The summed E-state index contributed by atoms with van der Waals surface area (Å²) in [4.78, 5) is 3.84. The second-order valence-electron chi connectivity index (χ2n) is 3.14. The summed E-state index contributed by atoms with van der Waals surface area (Å²) >= 11 is 5.92. The number of hydrogen-bond donors (Lipinski definition) is 2. The van der Waals surface area contributed by atoms with Crippen molar-refractivity contribution in [2.45, 2.75) is 6.92 Å². The van der Waals surface area contributed by atoms with Crippen molar-refractivity contribution < 1.29 is 10.2 Å². The Kier molecular flexibility index (Phi) is 1.97. The van der Waals surface area contributed by atoms with Crippen LogP contribution in [0.3, 0.4) is 0 Å². The molecule has 0 aliphatic carbocycles. The van der Waals surface area contributed by atoms with E-state index in [2.05, 4.69) is 4.98 Å². The van der Waals surface area contributed by atoms with Gasteiger partial charge in [0.05, 0.1) is 10.5 Å². The third-order valence-corrected chi connectivity index (χ3v) is 2.26. The van der Waals surface area contributed by atoms with Crippen LogP contribution in [0.25, 0.3) is 10.9 Å². The Hall–Kier alpha value is -1.48. The molecular weight excluding hydrogens is 202 g/mol. The summed E-state index contributed by atoms with van der Waals surface area (Å²) in [6, 6.07) is 4.69. The highest BCUT2D eigenvalue weighted by molar-refractivity contribution is 6.35. The molecule has 2 rings (SSSR count). The molecule has 0 aliphatic rings. The molecule has 0 aliphatic heterocycles. The lowest BCUT2D eigenvalue weighted by Crippen LogP contribution is -1.83. The normalized spacial score (nSPS) is 10.7. The molecule has 4 heteroatoms. The Morgan fingerprint density at radius 3 is 2.64 bits per heavy atom. The third-order valence-electron chi connectivity index (χ3n) is 1.98. The van der Waals surface area contributed by atoms with E-state index in [1.54, 1.807) is 12.1 Å². The van der Waals surface area contributed by atoms with E-state index in [-0.39, 0.29) is 11.6 Å². The van der Waals surface area contributed by atoms with Crippen LogP contribution >= 0.6 is 11.6 Å². The molecule has 0 radical (unpaired) electrons. The van der Waals surface area contributed by atoms with Gasteiger partial charge in [-0.05, 0) is 24.6 Å². The highest BCUT2D eigenvalue weighted by Crippen LogP contribution is 2.32. The summed E-state index contributed by atoms with van der Waals surface area (Å²) in [5.74, 6) is -0.251. The largest absolute Gasteiger partial charge is 0.507 e. The summed E-state index contributed by atoms with van der Waals surface area (Å²) in [6.45, 7) is 1.87. The van der Waals surface area contributed by atoms with E-state index in [9.17, 15) is 10.2 Å². The van der Waals surface area contributed by atoms with Gasteiger partial charge in [0, 0.05) is 11.5 Å². The van der Waals surface area contributed by atoms with Crippen LogP contribution in [0.2, 0.25) is 5.02 Å². The molecule has 0 amide bonds. The van der Waals surface area contributed by atoms with Crippen LogP contribution in [0, 0.1) is 6.92 Å². The number of aryl methyl sites for hydroxylation is 1. The lowest BCUT2D eigenvalue weighted by atomic mass is 10.1. The number of halogens is 1. The number of benzene rings is 1. The number of rotatable bonds is 0. The Bertz CT molecular complexity index is 464. The fourth-order valence-electron chi connectivity index (χ4n) is 1.39. The van der Waals surface area contributed by atoms with E-state index in [4.69, 9.17) is 11.6 Å². The maximum absolute atomic E-state index is 9.54. The SMILES string of the molecule is Cc1cc(Cl)c2nc(O)cc(O)c2c1. The van der Waals surface area contributed by atoms with Gasteiger partial charge in [-0.3, -0.25) is 0 Å². The number of aromatic nitrogens is 1. The highest BCUT2D eigenvalue weighted by Gasteiger charge is 2.07. The number of fused-ring (bicyclic) bond motifs is 1. The van der Waals surface area contributed by atoms with Gasteiger partial charge in [0.2, 0.25) is 5.88 Å². The first-order chi connectivity index (χ1) is 6.58. The standard InChI is InChI=1S/C10H8ClNO2/c1-5-2-6-8(13)4-9(14)12-10(6)7(11)3-5/h2-4H,1H3,(H2,12,13,14). The lowest BCUT2D eigenvalue weighted by Gasteiger charge is -2.04. The molecular formula is C10H8ClNO2. The van der Waals surface area contributed by atoms with Crippen molar-refractivity contribution in [1.82, 2.24) is 4.98 Å². The molecule has 0 spiro atoms. The second-order valence-corrected chi connectivity index (χ2v) is 3.55. The lowest BCUT2D eigenvalue weighted by molar-refractivity contribution is 0.440. The van der Waals surface area contributed by atoms with Crippen molar-refractivity contribution in [1.29, 1.82) is 0 Å². The molecule has 2 N–H and O–H groups in total. The van der Waals surface area contributed by atoms with Gasteiger partial charge < -0.3 is 10.2 Å². The molecule has 0 bridgehead atoms.